The Bertz CT molecular complexity index is 419. The third-order valence-corrected chi connectivity index (χ3v) is 2.89. The van der Waals surface area contributed by atoms with Crippen molar-refractivity contribution >= 4 is 23.9 Å². The van der Waals surface area contributed by atoms with Crippen LogP contribution in [-0.4, -0.2) is 112 Å². The Balaban J connectivity index is -0.000000350. The molecule has 0 heterocycles. The van der Waals surface area contributed by atoms with Gasteiger partial charge in [0, 0.05) is 6.61 Å². The zero-order valence-electron chi connectivity index (χ0n) is 15.5. The van der Waals surface area contributed by atoms with E-state index in [1.165, 1.54) is 0 Å². The quantitative estimate of drug-likeness (QED) is 0.143. The van der Waals surface area contributed by atoms with Crippen LogP contribution in [0.1, 0.15) is 32.6 Å². The molecule has 0 aliphatic carbocycles. The van der Waals surface area contributed by atoms with Crippen LogP contribution in [0.15, 0.2) is 0 Å². The van der Waals surface area contributed by atoms with Crippen molar-refractivity contribution in [2.75, 3.05) is 6.61 Å². The smallest absolute Gasteiger partial charge is 0.335 e. The number of carboxylic acid groups (broad SMARTS) is 4. The van der Waals surface area contributed by atoms with E-state index in [1.807, 2.05) is 0 Å². The van der Waals surface area contributed by atoms with Crippen LogP contribution in [0.25, 0.3) is 0 Å². The molecule has 14 heteroatoms. The summed E-state index contributed by atoms with van der Waals surface area (Å²) in [6.45, 7) is 2.07. The first-order chi connectivity index (χ1) is 13.2. The SMILES string of the molecule is CC(O)CCCCCO.O=C(O)C(O)C(O)C(=O)O.O=C(O)C(O)C(O)C(=O)O. The van der Waals surface area contributed by atoms with Gasteiger partial charge in [0.1, 0.15) is 0 Å². The number of unbranched alkanes of at least 4 members (excludes halogenated alkanes) is 2. The molecule has 0 spiro atoms. The summed E-state index contributed by atoms with van der Waals surface area (Å²) < 4.78 is 0. The molecule has 5 atom stereocenters. The highest BCUT2D eigenvalue weighted by molar-refractivity contribution is 5.83. The number of hydrogen-bond acceptors (Lipinski definition) is 10. The molecule has 0 rings (SSSR count). The maximum atomic E-state index is 9.77. The van der Waals surface area contributed by atoms with Gasteiger partial charge in [-0.1, -0.05) is 12.8 Å². The molecule has 29 heavy (non-hydrogen) atoms. The average molecular weight is 432 g/mol. The van der Waals surface area contributed by atoms with E-state index in [0.29, 0.717) is 0 Å². The van der Waals surface area contributed by atoms with Crippen LogP contribution >= 0.6 is 0 Å². The molecule has 0 aromatic carbocycles. The molecule has 0 saturated carbocycles. The lowest BCUT2D eigenvalue weighted by Crippen LogP contribution is -2.39. The number of hydrogen-bond donors (Lipinski definition) is 10. The van der Waals surface area contributed by atoms with Crippen LogP contribution < -0.4 is 0 Å². The molecule has 5 unspecified atom stereocenters. The number of aliphatic hydroxyl groups is 6. The molecular weight excluding hydrogens is 404 g/mol. The van der Waals surface area contributed by atoms with Gasteiger partial charge in [-0.2, -0.15) is 0 Å². The number of aliphatic hydroxyl groups excluding tert-OH is 6. The lowest BCUT2D eigenvalue weighted by atomic mass is 10.1. The predicted molar refractivity (Wildman–Crippen MR) is 91.8 cm³/mol. The van der Waals surface area contributed by atoms with E-state index < -0.39 is 48.3 Å². The van der Waals surface area contributed by atoms with E-state index >= 15 is 0 Å². The van der Waals surface area contributed by atoms with Crippen LogP contribution in [0.5, 0.6) is 0 Å². The minimum atomic E-state index is -2.27. The molecule has 0 radical (unpaired) electrons. The standard InChI is InChI=1S/C7H16O2.2C4H6O6/c1-7(9)5-3-2-4-6-8;2*5-1(3(7)8)2(6)4(9)10/h7-9H,2-6H2,1H3;2*1-2,5-6H,(H,7,8)(H,9,10). The van der Waals surface area contributed by atoms with Crippen LogP contribution in [0.4, 0.5) is 0 Å². The van der Waals surface area contributed by atoms with Gasteiger partial charge in [0.15, 0.2) is 24.4 Å². The van der Waals surface area contributed by atoms with Gasteiger partial charge in [0.2, 0.25) is 0 Å². The Labute approximate surface area is 164 Å². The van der Waals surface area contributed by atoms with Crippen molar-refractivity contribution in [3.8, 4) is 0 Å². The minimum absolute atomic E-state index is 0.177. The normalized spacial score (nSPS) is 15.1. The molecular formula is C15H28O14. The Morgan fingerprint density at radius 3 is 1.03 bits per heavy atom. The van der Waals surface area contributed by atoms with Crippen molar-refractivity contribution < 1.29 is 70.2 Å². The zero-order chi connectivity index (χ0) is 23.7. The van der Waals surface area contributed by atoms with Gasteiger partial charge in [-0.3, -0.25) is 0 Å². The van der Waals surface area contributed by atoms with Crippen LogP contribution in [0.2, 0.25) is 0 Å². The van der Waals surface area contributed by atoms with E-state index in [2.05, 4.69) is 0 Å². The molecule has 0 amide bonds. The maximum Gasteiger partial charge on any atom is 0.335 e. The highest BCUT2D eigenvalue weighted by Gasteiger charge is 2.30. The summed E-state index contributed by atoms with van der Waals surface area (Å²) in [6, 6.07) is 0. The van der Waals surface area contributed by atoms with Crippen molar-refractivity contribution in [1.29, 1.82) is 0 Å². The van der Waals surface area contributed by atoms with Crippen molar-refractivity contribution in [2.45, 2.75) is 63.1 Å². The second-order valence-electron chi connectivity index (χ2n) is 5.55. The summed E-state index contributed by atoms with van der Waals surface area (Å²) in [7, 11) is 0. The minimum Gasteiger partial charge on any atom is -0.479 e. The Morgan fingerprint density at radius 1 is 0.586 bits per heavy atom. The summed E-state index contributed by atoms with van der Waals surface area (Å²) in [5.74, 6) is -7.07. The highest BCUT2D eigenvalue weighted by Crippen LogP contribution is 2.01. The second-order valence-corrected chi connectivity index (χ2v) is 5.55. The van der Waals surface area contributed by atoms with Gasteiger partial charge in [-0.25, -0.2) is 19.2 Å². The Kier molecular flexibility index (Phi) is 19.1. The fraction of sp³-hybridized carbons (Fsp3) is 0.733. The summed E-state index contributed by atoms with van der Waals surface area (Å²) >= 11 is 0. The first kappa shape index (κ1) is 31.3. The highest BCUT2D eigenvalue weighted by atomic mass is 16.4. The lowest BCUT2D eigenvalue weighted by molar-refractivity contribution is -0.165. The van der Waals surface area contributed by atoms with Gasteiger partial charge in [0.25, 0.3) is 0 Å². The fourth-order valence-electron chi connectivity index (χ4n) is 1.27. The predicted octanol–water partition coefficient (Wildman–Crippen LogP) is -3.33. The first-order valence-electron chi connectivity index (χ1n) is 8.13. The van der Waals surface area contributed by atoms with Crippen molar-refractivity contribution in [3.63, 3.8) is 0 Å². The van der Waals surface area contributed by atoms with E-state index in [1.54, 1.807) is 6.92 Å². The van der Waals surface area contributed by atoms with Crippen molar-refractivity contribution in [2.24, 2.45) is 0 Å². The summed E-state index contributed by atoms with van der Waals surface area (Å²) in [5.41, 5.74) is 0. The fourth-order valence-corrected chi connectivity index (χ4v) is 1.27. The second kappa shape index (κ2) is 17.7. The molecule has 172 valence electrons. The van der Waals surface area contributed by atoms with E-state index in [0.717, 1.165) is 25.7 Å². The lowest BCUT2D eigenvalue weighted by Gasteiger charge is -2.07. The largest absolute Gasteiger partial charge is 0.479 e. The van der Waals surface area contributed by atoms with Crippen molar-refractivity contribution in [1.82, 2.24) is 0 Å². The molecule has 0 aliphatic rings. The number of carboxylic acids is 4. The van der Waals surface area contributed by atoms with Crippen LogP contribution in [0.3, 0.4) is 0 Å². The topological polar surface area (TPSA) is 271 Å². The number of carbonyl (C=O) groups is 4. The Morgan fingerprint density at radius 2 is 0.862 bits per heavy atom. The molecule has 0 aromatic heterocycles. The van der Waals surface area contributed by atoms with Gasteiger partial charge >= 0.3 is 23.9 Å². The molecule has 0 saturated heterocycles. The Hall–Kier alpha value is -2.36. The van der Waals surface area contributed by atoms with Gasteiger partial charge in [-0.15, -0.1) is 0 Å². The van der Waals surface area contributed by atoms with Gasteiger partial charge in [0.05, 0.1) is 6.10 Å². The number of rotatable bonds is 11. The maximum absolute atomic E-state index is 9.77. The van der Waals surface area contributed by atoms with Crippen LogP contribution in [-0.2, 0) is 19.2 Å². The van der Waals surface area contributed by atoms with E-state index in [4.69, 9.17) is 51.1 Å². The number of aliphatic carboxylic acids is 4. The molecule has 0 aromatic rings. The summed E-state index contributed by atoms with van der Waals surface area (Å²) in [4.78, 5) is 39.1. The van der Waals surface area contributed by atoms with E-state index in [9.17, 15) is 19.2 Å². The molecule has 10 N–H and O–H groups in total. The first-order valence-corrected chi connectivity index (χ1v) is 8.13. The molecule has 0 fully saturated rings. The van der Waals surface area contributed by atoms with Crippen molar-refractivity contribution in [3.05, 3.63) is 0 Å². The monoisotopic (exact) mass is 432 g/mol. The molecule has 0 aliphatic heterocycles. The average Bonchev–Trinajstić information content (AvgIpc) is 2.63. The molecule has 0 bridgehead atoms. The third kappa shape index (κ3) is 18.8. The van der Waals surface area contributed by atoms with Crippen LogP contribution in [0, 0.1) is 0 Å². The summed E-state index contributed by atoms with van der Waals surface area (Å²) in [6.07, 6.45) is -5.46. The van der Waals surface area contributed by atoms with Gasteiger partial charge < -0.3 is 51.1 Å². The van der Waals surface area contributed by atoms with E-state index in [-0.39, 0.29) is 12.7 Å². The molecule has 14 nitrogen and oxygen atoms in total. The third-order valence-electron chi connectivity index (χ3n) is 2.89. The summed E-state index contributed by atoms with van der Waals surface area (Å²) in [5, 5.41) is 82.2. The zero-order valence-corrected chi connectivity index (χ0v) is 15.5. The van der Waals surface area contributed by atoms with Gasteiger partial charge in [-0.05, 0) is 19.8 Å².